The standard InChI is InChI=1S/C15H14FNO4S/c16-12-6-8-13(9-7-12)22(20,21)17-14(10-15(18)19)11-4-2-1-3-5-11/h1-9,14,17H,10H2,(H,18,19)/p-1/t14-/m0/s1. The van der Waals surface area contributed by atoms with Gasteiger partial charge in [0.15, 0.2) is 0 Å². The van der Waals surface area contributed by atoms with Crippen molar-refractivity contribution in [2.45, 2.75) is 17.4 Å². The molecular weight excluding hydrogens is 309 g/mol. The Balaban J connectivity index is 2.30. The number of hydrogen-bond acceptors (Lipinski definition) is 4. The molecule has 1 atom stereocenters. The quantitative estimate of drug-likeness (QED) is 0.859. The molecule has 22 heavy (non-hydrogen) atoms. The Morgan fingerprint density at radius 1 is 1.09 bits per heavy atom. The zero-order valence-electron chi connectivity index (χ0n) is 11.4. The van der Waals surface area contributed by atoms with E-state index in [0.717, 1.165) is 24.3 Å². The van der Waals surface area contributed by atoms with Crippen LogP contribution in [0.1, 0.15) is 18.0 Å². The maximum atomic E-state index is 12.9. The van der Waals surface area contributed by atoms with E-state index in [4.69, 9.17) is 0 Å². The van der Waals surface area contributed by atoms with Crippen LogP contribution in [0.3, 0.4) is 0 Å². The number of carbonyl (C=O) groups excluding carboxylic acids is 1. The molecule has 0 aliphatic rings. The first kappa shape index (κ1) is 16.1. The van der Waals surface area contributed by atoms with Crippen LogP contribution in [0, 0.1) is 5.82 Å². The van der Waals surface area contributed by atoms with E-state index < -0.39 is 34.3 Å². The fourth-order valence-electron chi connectivity index (χ4n) is 1.95. The van der Waals surface area contributed by atoms with Crippen LogP contribution in [0.5, 0.6) is 0 Å². The van der Waals surface area contributed by atoms with Gasteiger partial charge in [-0.15, -0.1) is 0 Å². The molecule has 0 amide bonds. The SMILES string of the molecule is O=C([O-])C[C@H](NS(=O)(=O)c1ccc(F)cc1)c1ccccc1. The maximum absolute atomic E-state index is 12.9. The second kappa shape index (κ2) is 6.67. The number of halogens is 1. The monoisotopic (exact) mass is 322 g/mol. The molecule has 0 spiro atoms. The minimum atomic E-state index is -3.98. The number of hydrogen-bond donors (Lipinski definition) is 1. The summed E-state index contributed by atoms with van der Waals surface area (Å²) in [5, 5.41) is 10.9. The van der Waals surface area contributed by atoms with E-state index in [1.165, 1.54) is 0 Å². The van der Waals surface area contributed by atoms with Crippen molar-refractivity contribution in [1.29, 1.82) is 0 Å². The molecule has 0 radical (unpaired) electrons. The smallest absolute Gasteiger partial charge is 0.241 e. The Morgan fingerprint density at radius 2 is 1.68 bits per heavy atom. The molecular formula is C15H13FNO4S-. The average molecular weight is 322 g/mol. The third-order valence-corrected chi connectivity index (χ3v) is 4.48. The van der Waals surface area contributed by atoms with Crippen molar-refractivity contribution in [3.05, 3.63) is 66.0 Å². The Hall–Kier alpha value is -2.25. The number of benzene rings is 2. The van der Waals surface area contributed by atoms with Gasteiger partial charge in [0.1, 0.15) is 5.82 Å². The lowest BCUT2D eigenvalue weighted by molar-refractivity contribution is -0.306. The van der Waals surface area contributed by atoms with Crippen molar-refractivity contribution in [2.75, 3.05) is 0 Å². The number of carboxylic acids is 1. The van der Waals surface area contributed by atoms with Gasteiger partial charge in [-0.1, -0.05) is 30.3 Å². The largest absolute Gasteiger partial charge is 0.550 e. The molecule has 0 aliphatic heterocycles. The van der Waals surface area contributed by atoms with Gasteiger partial charge >= 0.3 is 0 Å². The van der Waals surface area contributed by atoms with Gasteiger partial charge in [0.25, 0.3) is 0 Å². The first-order valence-electron chi connectivity index (χ1n) is 6.41. The van der Waals surface area contributed by atoms with Crippen molar-refractivity contribution in [1.82, 2.24) is 4.72 Å². The van der Waals surface area contributed by atoms with Gasteiger partial charge in [-0.05, 0) is 29.8 Å². The van der Waals surface area contributed by atoms with E-state index in [1.807, 2.05) is 0 Å². The van der Waals surface area contributed by atoms with Crippen LogP contribution in [0.25, 0.3) is 0 Å². The molecule has 2 aromatic carbocycles. The second-order valence-corrected chi connectivity index (χ2v) is 6.33. The zero-order valence-corrected chi connectivity index (χ0v) is 12.2. The molecule has 0 aliphatic carbocycles. The molecule has 0 fully saturated rings. The van der Waals surface area contributed by atoms with E-state index in [-0.39, 0.29) is 4.90 Å². The molecule has 7 heteroatoms. The summed E-state index contributed by atoms with van der Waals surface area (Å²) in [7, 11) is -3.98. The molecule has 2 aromatic rings. The van der Waals surface area contributed by atoms with Gasteiger partial charge in [-0.25, -0.2) is 17.5 Å². The maximum Gasteiger partial charge on any atom is 0.241 e. The summed E-state index contributed by atoms with van der Waals surface area (Å²) in [5.41, 5.74) is 0.498. The van der Waals surface area contributed by atoms with Crippen molar-refractivity contribution < 1.29 is 22.7 Å². The minimum absolute atomic E-state index is 0.145. The van der Waals surface area contributed by atoms with Gasteiger partial charge in [0.05, 0.1) is 10.9 Å². The highest BCUT2D eigenvalue weighted by molar-refractivity contribution is 7.89. The molecule has 0 aromatic heterocycles. The van der Waals surface area contributed by atoms with Gasteiger partial charge < -0.3 is 9.90 Å². The topological polar surface area (TPSA) is 86.3 Å². The number of carboxylic acid groups (broad SMARTS) is 1. The van der Waals surface area contributed by atoms with Gasteiger partial charge in [0, 0.05) is 12.4 Å². The highest BCUT2D eigenvalue weighted by atomic mass is 32.2. The number of sulfonamides is 1. The average Bonchev–Trinajstić information content (AvgIpc) is 2.47. The van der Waals surface area contributed by atoms with E-state index in [9.17, 15) is 22.7 Å². The summed E-state index contributed by atoms with van der Waals surface area (Å²) in [6, 6.07) is 11.6. The van der Waals surface area contributed by atoms with Crippen molar-refractivity contribution in [2.24, 2.45) is 0 Å². The number of rotatable bonds is 6. The number of nitrogens with one attached hydrogen (secondary N) is 1. The van der Waals surface area contributed by atoms with Crippen LogP contribution in [0.15, 0.2) is 59.5 Å². The molecule has 0 bridgehead atoms. The highest BCUT2D eigenvalue weighted by Crippen LogP contribution is 2.20. The van der Waals surface area contributed by atoms with E-state index in [2.05, 4.69) is 4.72 Å². The summed E-state index contributed by atoms with van der Waals surface area (Å²) in [5.74, 6) is -1.94. The predicted molar refractivity (Wildman–Crippen MR) is 75.5 cm³/mol. The number of carbonyl (C=O) groups is 1. The third kappa shape index (κ3) is 4.12. The lowest BCUT2D eigenvalue weighted by Crippen LogP contribution is -2.34. The van der Waals surface area contributed by atoms with Gasteiger partial charge in [-0.2, -0.15) is 0 Å². The van der Waals surface area contributed by atoms with Gasteiger partial charge in [-0.3, -0.25) is 0 Å². The molecule has 0 saturated carbocycles. The third-order valence-electron chi connectivity index (χ3n) is 2.99. The molecule has 1 N–H and O–H groups in total. The van der Waals surface area contributed by atoms with Crippen molar-refractivity contribution in [3.8, 4) is 0 Å². The van der Waals surface area contributed by atoms with E-state index >= 15 is 0 Å². The molecule has 116 valence electrons. The summed E-state index contributed by atoms with van der Waals surface area (Å²) < 4.78 is 39.7. The Labute approximate surface area is 127 Å². The summed E-state index contributed by atoms with van der Waals surface area (Å²) >= 11 is 0. The van der Waals surface area contributed by atoms with E-state index in [0.29, 0.717) is 5.56 Å². The minimum Gasteiger partial charge on any atom is -0.550 e. The van der Waals surface area contributed by atoms with Crippen LogP contribution in [-0.2, 0) is 14.8 Å². The Morgan fingerprint density at radius 3 is 2.23 bits per heavy atom. The first-order chi connectivity index (χ1) is 10.4. The van der Waals surface area contributed by atoms with E-state index in [1.54, 1.807) is 30.3 Å². The van der Waals surface area contributed by atoms with Crippen molar-refractivity contribution in [3.63, 3.8) is 0 Å². The lowest BCUT2D eigenvalue weighted by atomic mass is 10.1. The van der Waals surface area contributed by atoms with Crippen LogP contribution in [0.4, 0.5) is 4.39 Å². The molecule has 0 saturated heterocycles. The normalized spacial score (nSPS) is 12.8. The first-order valence-corrected chi connectivity index (χ1v) is 7.89. The predicted octanol–water partition coefficient (Wildman–Crippen LogP) is 0.985. The zero-order chi connectivity index (χ0) is 16.2. The van der Waals surface area contributed by atoms with Crippen molar-refractivity contribution >= 4 is 16.0 Å². The van der Waals surface area contributed by atoms with Crippen LogP contribution >= 0.6 is 0 Å². The molecule has 0 heterocycles. The summed E-state index contributed by atoms with van der Waals surface area (Å²) in [6.45, 7) is 0. The Bertz CT molecular complexity index is 745. The highest BCUT2D eigenvalue weighted by Gasteiger charge is 2.21. The van der Waals surface area contributed by atoms with Gasteiger partial charge in [0.2, 0.25) is 10.0 Å². The summed E-state index contributed by atoms with van der Waals surface area (Å²) in [6.07, 6.45) is -0.509. The van der Waals surface area contributed by atoms with Crippen LogP contribution in [-0.4, -0.2) is 14.4 Å². The Kier molecular flexibility index (Phi) is 4.89. The number of aliphatic carboxylic acids is 1. The molecule has 2 rings (SSSR count). The summed E-state index contributed by atoms with van der Waals surface area (Å²) in [4.78, 5) is 10.7. The second-order valence-electron chi connectivity index (χ2n) is 4.61. The lowest BCUT2D eigenvalue weighted by Gasteiger charge is -2.19. The van der Waals surface area contributed by atoms with Crippen LogP contribution in [0.2, 0.25) is 0 Å². The fraction of sp³-hybridized carbons (Fsp3) is 0.133. The van der Waals surface area contributed by atoms with Crippen LogP contribution < -0.4 is 9.83 Å². The molecule has 5 nitrogen and oxygen atoms in total. The molecule has 0 unspecified atom stereocenters. The fourth-order valence-corrected chi connectivity index (χ4v) is 3.17.